The number of hydrogen-bond acceptors (Lipinski definition) is 2. The van der Waals surface area contributed by atoms with Gasteiger partial charge >= 0.3 is 5.97 Å². The molecule has 0 unspecified atom stereocenters. The Morgan fingerprint density at radius 3 is 2.94 bits per heavy atom. The Morgan fingerprint density at radius 2 is 2.28 bits per heavy atom. The minimum Gasteiger partial charge on any atom is -0.481 e. The average molecular weight is 313 g/mol. The van der Waals surface area contributed by atoms with Gasteiger partial charge in [-0.2, -0.15) is 5.10 Å². The molecule has 1 aromatic carbocycles. The summed E-state index contributed by atoms with van der Waals surface area (Å²) in [6.45, 7) is 0. The molecule has 0 amide bonds. The van der Waals surface area contributed by atoms with E-state index >= 15 is 0 Å². The Hall–Kier alpha value is -1.69. The number of aryl methyl sites for hydroxylation is 1. The normalized spacial score (nSPS) is 10.6. The maximum atomic E-state index is 13.1. The summed E-state index contributed by atoms with van der Waals surface area (Å²) >= 11 is 3.31. The number of aromatic nitrogens is 2. The van der Waals surface area contributed by atoms with Crippen LogP contribution in [-0.4, -0.2) is 20.9 Å². The van der Waals surface area contributed by atoms with Crippen LogP contribution in [0.4, 0.5) is 4.39 Å². The van der Waals surface area contributed by atoms with Gasteiger partial charge in [-0.3, -0.25) is 4.79 Å². The summed E-state index contributed by atoms with van der Waals surface area (Å²) in [5, 5.41) is 12.9. The van der Waals surface area contributed by atoms with Gasteiger partial charge in [0.1, 0.15) is 5.82 Å². The van der Waals surface area contributed by atoms with Gasteiger partial charge in [-0.1, -0.05) is 6.07 Å². The molecule has 0 fully saturated rings. The molecule has 2 rings (SSSR count). The van der Waals surface area contributed by atoms with Crippen LogP contribution in [0.1, 0.15) is 12.1 Å². The van der Waals surface area contributed by atoms with Crippen LogP contribution in [0.3, 0.4) is 0 Å². The molecule has 0 aliphatic rings. The lowest BCUT2D eigenvalue weighted by Crippen LogP contribution is -2.00. The molecule has 2 aromatic rings. The summed E-state index contributed by atoms with van der Waals surface area (Å²) in [5.74, 6) is -1.21. The largest absolute Gasteiger partial charge is 0.481 e. The Morgan fingerprint density at radius 1 is 1.50 bits per heavy atom. The molecule has 1 aromatic heterocycles. The number of hydrogen-bond donors (Lipinski definition) is 1. The highest BCUT2D eigenvalue weighted by Crippen LogP contribution is 2.19. The van der Waals surface area contributed by atoms with E-state index in [1.807, 2.05) is 0 Å². The zero-order valence-electron chi connectivity index (χ0n) is 9.31. The van der Waals surface area contributed by atoms with Gasteiger partial charge in [-0.05, 0) is 34.1 Å². The molecular formula is C12H10BrFN2O2. The maximum absolute atomic E-state index is 13.1. The molecule has 1 heterocycles. The minimum absolute atomic E-state index is 0.0127. The van der Waals surface area contributed by atoms with Crippen LogP contribution in [0.15, 0.2) is 34.9 Å². The lowest BCUT2D eigenvalue weighted by atomic mass is 10.2. The quantitative estimate of drug-likeness (QED) is 0.944. The van der Waals surface area contributed by atoms with Crippen molar-refractivity contribution in [2.75, 3.05) is 0 Å². The van der Waals surface area contributed by atoms with E-state index in [-0.39, 0.29) is 12.2 Å². The molecule has 18 heavy (non-hydrogen) atoms. The summed E-state index contributed by atoms with van der Waals surface area (Å²) in [5.41, 5.74) is 1.24. The van der Waals surface area contributed by atoms with Crippen molar-refractivity contribution in [3.63, 3.8) is 0 Å². The van der Waals surface area contributed by atoms with E-state index in [0.29, 0.717) is 22.3 Å². The van der Waals surface area contributed by atoms with Crippen LogP contribution < -0.4 is 0 Å². The first-order valence-corrected chi connectivity index (χ1v) is 6.07. The van der Waals surface area contributed by atoms with Crippen LogP contribution in [0.25, 0.3) is 5.69 Å². The second-order valence-corrected chi connectivity index (χ2v) is 4.60. The molecule has 0 spiro atoms. The van der Waals surface area contributed by atoms with Crippen molar-refractivity contribution >= 4 is 21.9 Å². The molecule has 0 saturated carbocycles. The number of carboxylic acids is 1. The number of rotatable bonds is 4. The summed E-state index contributed by atoms with van der Waals surface area (Å²) < 4.78 is 15.3. The third-order valence-electron chi connectivity index (χ3n) is 2.39. The van der Waals surface area contributed by atoms with Gasteiger partial charge in [0, 0.05) is 12.6 Å². The highest BCUT2D eigenvalue weighted by Gasteiger charge is 2.09. The van der Waals surface area contributed by atoms with E-state index in [9.17, 15) is 9.18 Å². The summed E-state index contributed by atoms with van der Waals surface area (Å²) in [6.07, 6.45) is 2.03. The molecule has 0 bridgehead atoms. The topological polar surface area (TPSA) is 55.1 Å². The monoisotopic (exact) mass is 312 g/mol. The van der Waals surface area contributed by atoms with Gasteiger partial charge in [0.05, 0.1) is 22.3 Å². The Bertz CT molecular complexity index is 583. The zero-order chi connectivity index (χ0) is 13.1. The van der Waals surface area contributed by atoms with Crippen LogP contribution in [0.2, 0.25) is 0 Å². The van der Waals surface area contributed by atoms with Crippen molar-refractivity contribution < 1.29 is 14.3 Å². The van der Waals surface area contributed by atoms with Gasteiger partial charge in [0.25, 0.3) is 0 Å². The molecular weight excluding hydrogens is 303 g/mol. The third kappa shape index (κ3) is 2.95. The van der Waals surface area contributed by atoms with Crippen molar-refractivity contribution in [3.05, 3.63) is 46.4 Å². The van der Waals surface area contributed by atoms with Gasteiger partial charge in [0.15, 0.2) is 0 Å². The maximum Gasteiger partial charge on any atom is 0.303 e. The Balaban J connectivity index is 2.25. The molecule has 0 aliphatic heterocycles. The van der Waals surface area contributed by atoms with Crippen molar-refractivity contribution in [2.45, 2.75) is 12.8 Å². The highest BCUT2D eigenvalue weighted by molar-refractivity contribution is 9.10. The van der Waals surface area contributed by atoms with Crippen molar-refractivity contribution in [3.8, 4) is 5.69 Å². The average Bonchev–Trinajstić information content (AvgIpc) is 2.68. The first-order valence-electron chi connectivity index (χ1n) is 5.28. The van der Waals surface area contributed by atoms with Crippen LogP contribution in [-0.2, 0) is 11.2 Å². The van der Waals surface area contributed by atoms with Gasteiger partial charge in [-0.25, -0.2) is 9.07 Å². The summed E-state index contributed by atoms with van der Waals surface area (Å²) in [4.78, 5) is 10.5. The lowest BCUT2D eigenvalue weighted by molar-refractivity contribution is -0.136. The molecule has 94 valence electrons. The first kappa shape index (κ1) is 12.8. The molecule has 1 N–H and O–H groups in total. The number of aliphatic carboxylic acids is 1. The molecule has 4 nitrogen and oxygen atoms in total. The van der Waals surface area contributed by atoms with E-state index in [4.69, 9.17) is 5.11 Å². The smallest absolute Gasteiger partial charge is 0.303 e. The fourth-order valence-electron chi connectivity index (χ4n) is 1.53. The van der Waals surface area contributed by atoms with Crippen molar-refractivity contribution in [2.24, 2.45) is 0 Å². The van der Waals surface area contributed by atoms with Gasteiger partial charge < -0.3 is 5.11 Å². The van der Waals surface area contributed by atoms with E-state index in [1.165, 1.54) is 16.8 Å². The second kappa shape index (κ2) is 5.30. The number of halogens is 2. The van der Waals surface area contributed by atoms with Gasteiger partial charge in [-0.15, -0.1) is 0 Å². The SMILES string of the molecule is O=C(O)CCc1nn(-c2cccc(F)c2)cc1Br. The first-order chi connectivity index (χ1) is 8.56. The second-order valence-electron chi connectivity index (χ2n) is 3.74. The lowest BCUT2D eigenvalue weighted by Gasteiger charge is -2.00. The molecule has 0 atom stereocenters. The highest BCUT2D eigenvalue weighted by atomic mass is 79.9. The van der Waals surface area contributed by atoms with Crippen molar-refractivity contribution in [1.82, 2.24) is 9.78 Å². The predicted molar refractivity (Wildman–Crippen MR) is 67.2 cm³/mol. The minimum atomic E-state index is -0.873. The number of carbonyl (C=O) groups is 1. The Kier molecular flexibility index (Phi) is 3.76. The standard InChI is InChI=1S/C12H10BrFN2O2/c13-10-7-16(9-3-1-2-8(14)6-9)15-11(10)4-5-12(17)18/h1-3,6-7H,4-5H2,(H,17,18). The van der Waals surface area contributed by atoms with E-state index in [1.54, 1.807) is 18.3 Å². The van der Waals surface area contributed by atoms with E-state index in [2.05, 4.69) is 21.0 Å². The number of nitrogens with zero attached hydrogens (tertiary/aromatic N) is 2. The molecule has 0 aliphatic carbocycles. The molecule has 6 heteroatoms. The van der Waals surface area contributed by atoms with Gasteiger partial charge in [0.2, 0.25) is 0 Å². The predicted octanol–water partition coefficient (Wildman–Crippen LogP) is 2.79. The Labute approximate surface area is 111 Å². The van der Waals surface area contributed by atoms with E-state index in [0.717, 1.165) is 0 Å². The fourth-order valence-corrected chi connectivity index (χ4v) is 2.01. The van der Waals surface area contributed by atoms with Crippen LogP contribution in [0, 0.1) is 5.82 Å². The zero-order valence-corrected chi connectivity index (χ0v) is 10.9. The molecule has 0 saturated heterocycles. The van der Waals surface area contributed by atoms with Crippen molar-refractivity contribution in [1.29, 1.82) is 0 Å². The number of carboxylic acid groups (broad SMARTS) is 1. The summed E-state index contributed by atoms with van der Waals surface area (Å²) in [6, 6.07) is 6.04. The third-order valence-corrected chi connectivity index (χ3v) is 3.05. The van der Waals surface area contributed by atoms with E-state index < -0.39 is 5.97 Å². The van der Waals surface area contributed by atoms with Crippen LogP contribution >= 0.6 is 15.9 Å². The van der Waals surface area contributed by atoms with Crippen LogP contribution in [0.5, 0.6) is 0 Å². The number of benzene rings is 1. The summed E-state index contributed by atoms with van der Waals surface area (Å²) in [7, 11) is 0. The fraction of sp³-hybridized carbons (Fsp3) is 0.167. The molecule has 0 radical (unpaired) electrons.